The van der Waals surface area contributed by atoms with Gasteiger partial charge < -0.3 is 27.3 Å². The fourth-order valence-electron chi connectivity index (χ4n) is 0. The molecular formula is CeMgO12S3. The Morgan fingerprint density at radius 1 is 0.471 bits per heavy atom. The molecule has 0 bridgehead atoms. The third-order valence-corrected chi connectivity index (χ3v) is 0. The molecule has 0 spiro atoms. The van der Waals surface area contributed by atoms with E-state index in [1.807, 2.05) is 0 Å². The molecule has 12 nitrogen and oxygen atoms in total. The van der Waals surface area contributed by atoms with Crippen molar-refractivity contribution in [3.63, 3.8) is 0 Å². The summed E-state index contributed by atoms with van der Waals surface area (Å²) in [4.78, 5) is 0. The molecule has 0 aromatic carbocycles. The zero-order chi connectivity index (χ0) is 13.5. The fourth-order valence-corrected chi connectivity index (χ4v) is 0. The number of hydrogen-bond donors (Lipinski definition) is 0. The quantitative estimate of drug-likeness (QED) is 0.192. The van der Waals surface area contributed by atoms with Crippen molar-refractivity contribution in [3.05, 3.63) is 0 Å². The molecule has 0 aromatic heterocycles. The van der Waals surface area contributed by atoms with Gasteiger partial charge in [-0.05, 0) is 0 Å². The van der Waals surface area contributed by atoms with Crippen molar-refractivity contribution in [1.82, 2.24) is 0 Å². The van der Waals surface area contributed by atoms with Crippen LogP contribution in [0.25, 0.3) is 0 Å². The van der Waals surface area contributed by atoms with Crippen molar-refractivity contribution in [3.8, 4) is 0 Å². The molecule has 17 heteroatoms. The van der Waals surface area contributed by atoms with Crippen LogP contribution >= 0.6 is 0 Å². The van der Waals surface area contributed by atoms with Crippen molar-refractivity contribution in [2.24, 2.45) is 0 Å². The molecule has 0 aromatic rings. The Bertz CT molecular complexity index is 343. The Labute approximate surface area is 146 Å². The standard InChI is InChI=1S/Ce.Mg.3H2O4S/c;;3*1-5(2,3)4/h;;3*(H2,1,2,3,4)/q+4;+2;;;/p-6. The Morgan fingerprint density at radius 2 is 0.471 bits per heavy atom. The summed E-state index contributed by atoms with van der Waals surface area (Å²) in [6.45, 7) is 0. The second-order valence-electron chi connectivity index (χ2n) is 1.22. The van der Waals surface area contributed by atoms with Gasteiger partial charge in [-0.3, -0.25) is 25.3 Å². The molecule has 96 valence electrons. The van der Waals surface area contributed by atoms with Crippen LogP contribution in [0.1, 0.15) is 0 Å². The van der Waals surface area contributed by atoms with Crippen molar-refractivity contribution in [2.75, 3.05) is 0 Å². The van der Waals surface area contributed by atoms with Gasteiger partial charge in [0.15, 0.2) is 0 Å². The van der Waals surface area contributed by atoms with E-state index in [0.717, 1.165) is 0 Å². The maximum atomic E-state index is 8.52. The third kappa shape index (κ3) is 1430. The Morgan fingerprint density at radius 3 is 0.471 bits per heavy atom. The van der Waals surface area contributed by atoms with Gasteiger partial charge in [-0.1, -0.05) is 0 Å². The monoisotopic (exact) mass is 452 g/mol. The van der Waals surface area contributed by atoms with Crippen LogP contribution in [0.3, 0.4) is 0 Å². The summed E-state index contributed by atoms with van der Waals surface area (Å²) < 4.78 is 102. The first kappa shape index (κ1) is 31.2. The summed E-state index contributed by atoms with van der Waals surface area (Å²) in [7, 11) is -15.5. The molecule has 0 amide bonds. The minimum atomic E-state index is -5.17. The first-order valence-electron chi connectivity index (χ1n) is 2.00. The van der Waals surface area contributed by atoms with Crippen LogP contribution in [0.5, 0.6) is 0 Å². The minimum absolute atomic E-state index is 0. The van der Waals surface area contributed by atoms with Crippen molar-refractivity contribution < 1.29 is 94.3 Å². The van der Waals surface area contributed by atoms with E-state index >= 15 is 0 Å². The van der Waals surface area contributed by atoms with Gasteiger partial charge in [0, 0.05) is 31.2 Å². The Balaban J connectivity index is -0.0000000400. The third-order valence-electron chi connectivity index (χ3n) is 0. The second-order valence-corrected chi connectivity index (χ2v) is 3.67. The second kappa shape index (κ2) is 12.8. The van der Waals surface area contributed by atoms with E-state index < -0.39 is 31.2 Å². The summed E-state index contributed by atoms with van der Waals surface area (Å²) in [5.41, 5.74) is 0. The van der Waals surface area contributed by atoms with Crippen LogP contribution in [0, 0.1) is 41.7 Å². The maximum absolute atomic E-state index is 8.52. The molecule has 0 aliphatic heterocycles. The topological polar surface area (TPSA) is 241 Å². The van der Waals surface area contributed by atoms with E-state index in [4.69, 9.17) is 52.6 Å². The maximum Gasteiger partial charge on any atom is 4.00 e. The molecule has 0 aliphatic rings. The molecule has 0 N–H and O–H groups in total. The van der Waals surface area contributed by atoms with Crippen LogP contribution in [0.15, 0.2) is 0 Å². The molecule has 0 radical (unpaired) electrons. The van der Waals surface area contributed by atoms with Crippen LogP contribution in [-0.4, -0.2) is 75.6 Å². The molecular weight excluding hydrogens is 453 g/mol. The van der Waals surface area contributed by atoms with Gasteiger partial charge in [-0.2, -0.15) is 0 Å². The summed E-state index contributed by atoms with van der Waals surface area (Å²) in [5, 5.41) is 0. The van der Waals surface area contributed by atoms with Gasteiger partial charge in [-0.15, -0.1) is 0 Å². The van der Waals surface area contributed by atoms with E-state index in [2.05, 4.69) is 0 Å². The Hall–Kier alpha value is 1.75. The predicted octanol–water partition coefficient (Wildman–Crippen LogP) is -4.39. The van der Waals surface area contributed by atoms with Gasteiger partial charge in [0.1, 0.15) is 0 Å². The molecule has 0 saturated heterocycles. The van der Waals surface area contributed by atoms with Crippen molar-refractivity contribution in [2.45, 2.75) is 0 Å². The smallest absolute Gasteiger partial charge is 0.759 e. The van der Waals surface area contributed by atoms with Gasteiger partial charge in [-0.25, -0.2) is 0 Å². The molecule has 0 rings (SSSR count). The minimum Gasteiger partial charge on any atom is -0.759 e. The molecule has 0 fully saturated rings. The average molecular weight is 453 g/mol. The first-order valence-corrected chi connectivity index (χ1v) is 6.00. The van der Waals surface area contributed by atoms with Gasteiger partial charge >= 0.3 is 64.8 Å². The zero-order valence-electron chi connectivity index (χ0n) is 7.33. The zero-order valence-corrected chi connectivity index (χ0v) is 14.3. The first-order chi connectivity index (χ1) is 6.00. The van der Waals surface area contributed by atoms with Gasteiger partial charge in [0.25, 0.3) is 0 Å². The summed E-state index contributed by atoms with van der Waals surface area (Å²) >= 11 is 0. The van der Waals surface area contributed by atoms with E-state index in [1.54, 1.807) is 0 Å². The van der Waals surface area contributed by atoms with Crippen LogP contribution in [-0.2, 0) is 31.2 Å². The summed E-state index contributed by atoms with van der Waals surface area (Å²) in [6.07, 6.45) is 0. The van der Waals surface area contributed by atoms with Crippen molar-refractivity contribution >= 4 is 54.2 Å². The predicted molar refractivity (Wildman–Crippen MR) is 37.2 cm³/mol. The van der Waals surface area contributed by atoms with E-state index in [-0.39, 0.29) is 64.8 Å². The molecule has 0 saturated carbocycles. The SMILES string of the molecule is O=S(=O)([O-])[O-].O=S(=O)([O-])[O-].O=S(=O)([O-])[O-].[Ce+4].[Mg+2]. The molecule has 0 heterocycles. The fraction of sp³-hybridized carbons (Fsp3) is 0. The number of hydrogen-bond acceptors (Lipinski definition) is 12. The van der Waals surface area contributed by atoms with Crippen LogP contribution < -0.4 is 0 Å². The van der Waals surface area contributed by atoms with E-state index in [1.165, 1.54) is 0 Å². The van der Waals surface area contributed by atoms with Gasteiger partial charge in [0.05, 0.1) is 0 Å². The van der Waals surface area contributed by atoms with Crippen LogP contribution in [0.4, 0.5) is 0 Å². The van der Waals surface area contributed by atoms with Crippen LogP contribution in [0.2, 0.25) is 0 Å². The summed E-state index contributed by atoms with van der Waals surface area (Å²) in [6, 6.07) is 0. The van der Waals surface area contributed by atoms with Crippen molar-refractivity contribution in [1.29, 1.82) is 0 Å². The largest absolute Gasteiger partial charge is 4.00 e. The molecule has 17 heavy (non-hydrogen) atoms. The summed E-state index contributed by atoms with van der Waals surface area (Å²) in [5.74, 6) is 0. The molecule has 0 atom stereocenters. The van der Waals surface area contributed by atoms with E-state index in [0.29, 0.717) is 0 Å². The molecule has 0 aliphatic carbocycles. The number of rotatable bonds is 0. The Kier molecular flexibility index (Phi) is 23.5. The average Bonchev–Trinajstić information content (AvgIpc) is 1.41. The molecule has 0 unspecified atom stereocenters. The normalized spacial score (nSPS) is 10.2. The van der Waals surface area contributed by atoms with E-state index in [9.17, 15) is 0 Å². The van der Waals surface area contributed by atoms with Gasteiger partial charge in [0.2, 0.25) is 0 Å².